The van der Waals surface area contributed by atoms with Gasteiger partial charge in [-0.05, 0) is 19.4 Å². The first kappa shape index (κ1) is 16.4. The Morgan fingerprint density at radius 3 is 2.62 bits per heavy atom. The predicted molar refractivity (Wildman–Crippen MR) is 100 cm³/mol. The first-order chi connectivity index (χ1) is 11.2. The lowest BCUT2D eigenvalue weighted by Gasteiger charge is -2.35. The third-order valence-corrected chi connectivity index (χ3v) is 4.93. The highest BCUT2D eigenvalue weighted by molar-refractivity contribution is 6.52. The summed E-state index contributed by atoms with van der Waals surface area (Å²) in [5.41, 5.74) is 7.29. The van der Waals surface area contributed by atoms with E-state index >= 15 is 0 Å². The van der Waals surface area contributed by atoms with Crippen molar-refractivity contribution >= 4 is 62.9 Å². The summed E-state index contributed by atoms with van der Waals surface area (Å²) in [5.74, 6) is -0.400. The molecule has 3 N–H and O–H groups in total. The maximum Gasteiger partial charge on any atom is 0.263 e. The number of aryl methyl sites for hydroxylation is 1. The van der Waals surface area contributed by atoms with Gasteiger partial charge in [0.25, 0.3) is 5.56 Å². The minimum Gasteiger partial charge on any atom is -0.398 e. The van der Waals surface area contributed by atoms with Crippen LogP contribution in [0.4, 0.5) is 5.69 Å². The number of carbonyl (C=O) groups excluding carboxylic acids is 2. The molecule has 10 heteroatoms. The quantitative estimate of drug-likeness (QED) is 0.313. The monoisotopic (exact) mass is 322 g/mol. The predicted octanol–water partition coefficient (Wildman–Crippen LogP) is -4.47. The van der Waals surface area contributed by atoms with Crippen LogP contribution in [0.2, 0.25) is 0 Å². The van der Waals surface area contributed by atoms with Crippen LogP contribution in [0, 0.1) is 6.92 Å². The van der Waals surface area contributed by atoms with Gasteiger partial charge in [-0.15, -0.1) is 0 Å². The normalized spacial score (nSPS) is 21.0. The molecule has 0 aliphatic carbocycles. The molecule has 7 nitrogen and oxygen atoms in total. The van der Waals surface area contributed by atoms with E-state index in [2.05, 4.69) is 10.3 Å². The first-order valence-electron chi connectivity index (χ1n) is 7.80. The summed E-state index contributed by atoms with van der Waals surface area (Å²) in [4.78, 5) is 41.6. The number of imide groups is 1. The molecule has 3 rings (SSSR count). The Labute approximate surface area is 141 Å². The number of fused-ring (bicyclic) bond motifs is 1. The Kier molecular flexibility index (Phi) is 3.58. The van der Waals surface area contributed by atoms with Crippen LogP contribution in [0.3, 0.4) is 0 Å². The first-order valence-corrected chi connectivity index (χ1v) is 7.80. The molecular weight excluding hydrogens is 305 g/mol. The molecule has 0 saturated carbocycles. The number of piperidine rings is 1. The molecule has 1 saturated heterocycles. The lowest BCUT2D eigenvalue weighted by Crippen LogP contribution is -2.58. The SMILES string of the molecule is Bc1cc(N)c2c(=O)n(C3(B)CCC(=O)NC3=O)c(C)nc2c1B. The minimum absolute atomic E-state index is 0.175. The third-order valence-electron chi connectivity index (χ3n) is 4.93. The summed E-state index contributed by atoms with van der Waals surface area (Å²) in [6, 6.07) is 1.74. The van der Waals surface area contributed by atoms with Gasteiger partial charge in [0.05, 0.1) is 16.3 Å². The highest BCUT2D eigenvalue weighted by Crippen LogP contribution is 2.24. The topological polar surface area (TPSA) is 107 Å². The molecule has 1 aliphatic heterocycles. The van der Waals surface area contributed by atoms with E-state index in [4.69, 9.17) is 5.73 Å². The standard InChI is InChI=1S/C14H17B3N4O3/c1-5-19-11-9(7(18)4-6(15)10(11)16)12(23)21(5)14(17)3-2-8(22)20-13(14)24/h4H,2-3,15-18H2,1H3,(H,20,22,24). The lowest BCUT2D eigenvalue weighted by molar-refractivity contribution is -0.137. The maximum atomic E-state index is 13.1. The van der Waals surface area contributed by atoms with Crippen LogP contribution in [0.1, 0.15) is 18.7 Å². The molecule has 1 unspecified atom stereocenters. The smallest absolute Gasteiger partial charge is 0.263 e. The molecule has 0 bridgehead atoms. The van der Waals surface area contributed by atoms with Gasteiger partial charge >= 0.3 is 0 Å². The zero-order valence-electron chi connectivity index (χ0n) is 14.2. The molecule has 1 aliphatic rings. The fourth-order valence-corrected chi connectivity index (χ4v) is 3.35. The number of nitrogens with one attached hydrogen (secondary N) is 1. The van der Waals surface area contributed by atoms with Crippen LogP contribution < -0.4 is 27.5 Å². The van der Waals surface area contributed by atoms with Gasteiger partial charge in [-0.1, -0.05) is 10.9 Å². The number of anilines is 1. The van der Waals surface area contributed by atoms with Crippen molar-refractivity contribution in [2.24, 2.45) is 0 Å². The van der Waals surface area contributed by atoms with Crippen molar-refractivity contribution in [2.45, 2.75) is 25.2 Å². The van der Waals surface area contributed by atoms with Gasteiger partial charge in [-0.25, -0.2) is 4.98 Å². The summed E-state index contributed by atoms with van der Waals surface area (Å²) < 4.78 is 1.36. The molecule has 1 fully saturated rings. The van der Waals surface area contributed by atoms with Gasteiger partial charge in [0, 0.05) is 12.1 Å². The van der Waals surface area contributed by atoms with E-state index in [1.54, 1.807) is 20.8 Å². The minimum atomic E-state index is -1.17. The van der Waals surface area contributed by atoms with E-state index in [1.165, 1.54) is 4.57 Å². The highest BCUT2D eigenvalue weighted by Gasteiger charge is 2.42. The largest absolute Gasteiger partial charge is 0.398 e. The number of amides is 2. The Morgan fingerprint density at radius 1 is 1.33 bits per heavy atom. The number of nitrogen functional groups attached to an aromatic ring is 1. The van der Waals surface area contributed by atoms with Crippen LogP contribution in [0.15, 0.2) is 10.9 Å². The molecule has 1 atom stereocenters. The fourth-order valence-electron chi connectivity index (χ4n) is 3.35. The average Bonchev–Trinajstić information content (AvgIpc) is 2.48. The van der Waals surface area contributed by atoms with Crippen LogP contribution in [0.5, 0.6) is 0 Å². The lowest BCUT2D eigenvalue weighted by atomic mass is 9.70. The number of hydrogen-bond donors (Lipinski definition) is 2. The molecule has 1 aromatic heterocycles. The van der Waals surface area contributed by atoms with Gasteiger partial charge in [-0.2, -0.15) is 0 Å². The van der Waals surface area contributed by atoms with E-state index in [-0.39, 0.29) is 24.3 Å². The van der Waals surface area contributed by atoms with Crippen LogP contribution in [0.25, 0.3) is 10.9 Å². The summed E-state index contributed by atoms with van der Waals surface area (Å²) in [6.45, 7) is 1.69. The number of nitrogens with two attached hydrogens (primary N) is 1. The number of carbonyl (C=O) groups is 2. The maximum absolute atomic E-state index is 13.1. The fraction of sp³-hybridized carbons (Fsp3) is 0.286. The summed E-state index contributed by atoms with van der Waals surface area (Å²) in [6.07, 6.45) is 0.422. The molecule has 1 aromatic carbocycles. The Morgan fingerprint density at radius 2 is 2.00 bits per heavy atom. The zero-order chi connectivity index (χ0) is 17.8. The van der Waals surface area contributed by atoms with Gasteiger partial charge in [0.2, 0.25) is 11.8 Å². The second-order valence-corrected chi connectivity index (χ2v) is 6.58. The summed E-state index contributed by atoms with van der Waals surface area (Å²) in [7, 11) is 5.45. The van der Waals surface area contributed by atoms with Gasteiger partial charge in [0.15, 0.2) is 0 Å². The van der Waals surface area contributed by atoms with Gasteiger partial charge in [0.1, 0.15) is 29.4 Å². The van der Waals surface area contributed by atoms with E-state index in [0.717, 1.165) is 10.9 Å². The van der Waals surface area contributed by atoms with Gasteiger partial charge in [-0.3, -0.25) is 24.3 Å². The third kappa shape index (κ3) is 2.17. The van der Waals surface area contributed by atoms with Crippen molar-refractivity contribution in [3.05, 3.63) is 22.2 Å². The molecular formula is C14H17B3N4O3. The van der Waals surface area contributed by atoms with E-state index in [1.807, 2.05) is 15.7 Å². The number of benzene rings is 1. The second-order valence-electron chi connectivity index (χ2n) is 6.58. The zero-order valence-corrected chi connectivity index (χ0v) is 14.2. The summed E-state index contributed by atoms with van der Waals surface area (Å²) >= 11 is 0. The molecule has 120 valence electrons. The van der Waals surface area contributed by atoms with Crippen molar-refractivity contribution in [2.75, 3.05) is 5.73 Å². The molecule has 0 radical (unpaired) electrons. The van der Waals surface area contributed by atoms with Gasteiger partial charge < -0.3 is 5.73 Å². The molecule has 24 heavy (non-hydrogen) atoms. The van der Waals surface area contributed by atoms with Crippen molar-refractivity contribution in [1.82, 2.24) is 14.9 Å². The summed E-state index contributed by atoms with van der Waals surface area (Å²) in [5, 5.41) is 2.62. The van der Waals surface area contributed by atoms with Crippen molar-refractivity contribution < 1.29 is 9.59 Å². The van der Waals surface area contributed by atoms with Crippen molar-refractivity contribution in [1.29, 1.82) is 0 Å². The van der Waals surface area contributed by atoms with E-state index < -0.39 is 11.3 Å². The van der Waals surface area contributed by atoms with Crippen molar-refractivity contribution in [3.63, 3.8) is 0 Å². The van der Waals surface area contributed by atoms with E-state index in [0.29, 0.717) is 22.4 Å². The number of hydrogen-bond acceptors (Lipinski definition) is 5. The number of aromatic nitrogens is 2. The van der Waals surface area contributed by atoms with E-state index in [9.17, 15) is 14.4 Å². The number of nitrogens with zero attached hydrogens (tertiary/aromatic N) is 2. The molecule has 2 amide bonds. The second kappa shape index (κ2) is 5.26. The van der Waals surface area contributed by atoms with Crippen LogP contribution in [-0.4, -0.2) is 44.9 Å². The Balaban J connectivity index is 2.37. The van der Waals surface area contributed by atoms with Crippen molar-refractivity contribution in [3.8, 4) is 0 Å². The van der Waals surface area contributed by atoms with Crippen LogP contribution in [-0.2, 0) is 15.0 Å². The molecule has 2 heterocycles. The number of rotatable bonds is 1. The Hall–Kier alpha value is -2.51. The molecule has 2 aromatic rings. The highest BCUT2D eigenvalue weighted by atomic mass is 16.2. The van der Waals surface area contributed by atoms with Crippen LogP contribution >= 0.6 is 0 Å². The molecule has 0 spiro atoms. The average molecular weight is 322 g/mol. The Bertz CT molecular complexity index is 972.